The molecule has 0 saturated carbocycles. The number of nitrogens with one attached hydrogen (secondary N) is 1. The Balaban J connectivity index is 1.89. The van der Waals surface area contributed by atoms with Gasteiger partial charge in [-0.15, -0.1) is 0 Å². The van der Waals surface area contributed by atoms with E-state index in [1.165, 1.54) is 12.3 Å². The van der Waals surface area contributed by atoms with Crippen LogP contribution in [0.1, 0.15) is 39.3 Å². The van der Waals surface area contributed by atoms with Crippen LogP contribution in [0.15, 0.2) is 24.4 Å². The predicted molar refractivity (Wildman–Crippen MR) is 106 cm³/mol. The maximum absolute atomic E-state index is 13.4. The standard InChI is InChI=1S/C20H22ClFN4O2/c1-12-15(9-14-5-6-18(22)17(21)10-14)13(2)26-19(25-12)16(11-24-26)20(27)23-7-4-8-28-3/h5-6,10-11H,4,7-9H2,1-3H3,(H,23,27). The van der Waals surface area contributed by atoms with Crippen LogP contribution in [0.2, 0.25) is 5.02 Å². The average molecular weight is 405 g/mol. The fraction of sp³-hybridized carbons (Fsp3) is 0.350. The Morgan fingerprint density at radius 3 is 2.86 bits per heavy atom. The van der Waals surface area contributed by atoms with Crippen molar-refractivity contribution in [1.29, 1.82) is 0 Å². The molecule has 0 unspecified atom stereocenters. The van der Waals surface area contributed by atoms with Crippen LogP contribution in [0.5, 0.6) is 0 Å². The Morgan fingerprint density at radius 2 is 2.14 bits per heavy atom. The number of ether oxygens (including phenoxy) is 1. The van der Waals surface area contributed by atoms with Crippen molar-refractivity contribution >= 4 is 23.2 Å². The number of carbonyl (C=O) groups is 1. The minimum absolute atomic E-state index is 0.0911. The van der Waals surface area contributed by atoms with Crippen LogP contribution in [0.3, 0.4) is 0 Å². The molecule has 0 spiro atoms. The lowest BCUT2D eigenvalue weighted by Crippen LogP contribution is -2.25. The van der Waals surface area contributed by atoms with E-state index in [4.69, 9.17) is 16.3 Å². The lowest BCUT2D eigenvalue weighted by molar-refractivity contribution is 0.0950. The average Bonchev–Trinajstić information content (AvgIpc) is 3.09. The number of benzene rings is 1. The summed E-state index contributed by atoms with van der Waals surface area (Å²) in [5.74, 6) is -0.656. The zero-order valence-electron chi connectivity index (χ0n) is 16.1. The zero-order valence-corrected chi connectivity index (χ0v) is 16.8. The summed E-state index contributed by atoms with van der Waals surface area (Å²) in [5, 5.41) is 7.29. The lowest BCUT2D eigenvalue weighted by Gasteiger charge is -2.12. The summed E-state index contributed by atoms with van der Waals surface area (Å²) in [5.41, 5.74) is 4.45. The summed E-state index contributed by atoms with van der Waals surface area (Å²) in [6.45, 7) is 4.92. The number of methoxy groups -OCH3 is 1. The van der Waals surface area contributed by atoms with Crippen molar-refractivity contribution < 1.29 is 13.9 Å². The number of nitrogens with zero attached hydrogens (tertiary/aromatic N) is 3. The van der Waals surface area contributed by atoms with Crippen molar-refractivity contribution in [1.82, 2.24) is 19.9 Å². The minimum Gasteiger partial charge on any atom is -0.385 e. The number of hydrogen-bond acceptors (Lipinski definition) is 4. The quantitative estimate of drug-likeness (QED) is 0.612. The summed E-state index contributed by atoms with van der Waals surface area (Å²) < 4.78 is 20.1. The fourth-order valence-corrected chi connectivity index (χ4v) is 3.30. The number of rotatable bonds is 7. The van der Waals surface area contributed by atoms with Gasteiger partial charge in [0.25, 0.3) is 5.91 Å². The molecule has 6 nitrogen and oxygen atoms in total. The summed E-state index contributed by atoms with van der Waals surface area (Å²) in [6, 6.07) is 4.67. The van der Waals surface area contributed by atoms with E-state index in [2.05, 4.69) is 15.4 Å². The van der Waals surface area contributed by atoms with Crippen molar-refractivity contribution in [3.8, 4) is 0 Å². The first-order valence-electron chi connectivity index (χ1n) is 8.97. The predicted octanol–water partition coefficient (Wildman–Crippen LogP) is 3.50. The number of halogens is 2. The Bertz CT molecular complexity index is 1020. The normalized spacial score (nSPS) is 11.2. The topological polar surface area (TPSA) is 68.5 Å². The second-order valence-electron chi connectivity index (χ2n) is 6.58. The molecule has 148 valence electrons. The van der Waals surface area contributed by atoms with E-state index >= 15 is 0 Å². The minimum atomic E-state index is -0.444. The molecule has 0 aliphatic heterocycles. The van der Waals surface area contributed by atoms with Gasteiger partial charge in [0.1, 0.15) is 11.4 Å². The summed E-state index contributed by atoms with van der Waals surface area (Å²) >= 11 is 5.89. The smallest absolute Gasteiger partial charge is 0.256 e. The van der Waals surface area contributed by atoms with E-state index < -0.39 is 5.82 Å². The number of carbonyl (C=O) groups excluding carboxylic acids is 1. The molecule has 1 amide bonds. The third-order valence-corrected chi connectivity index (χ3v) is 4.92. The first-order valence-corrected chi connectivity index (χ1v) is 9.35. The molecular formula is C20H22ClFN4O2. The first-order chi connectivity index (χ1) is 13.4. The van der Waals surface area contributed by atoms with Crippen LogP contribution in [0.4, 0.5) is 4.39 Å². The van der Waals surface area contributed by atoms with E-state index in [0.29, 0.717) is 30.8 Å². The number of amides is 1. The summed E-state index contributed by atoms with van der Waals surface area (Å²) in [4.78, 5) is 17.1. The second kappa shape index (κ2) is 8.67. The molecule has 0 saturated heterocycles. The van der Waals surface area contributed by atoms with Gasteiger partial charge in [0.05, 0.1) is 11.2 Å². The van der Waals surface area contributed by atoms with Gasteiger partial charge in [0.15, 0.2) is 5.65 Å². The highest BCUT2D eigenvalue weighted by Crippen LogP contribution is 2.23. The van der Waals surface area contributed by atoms with E-state index in [0.717, 1.165) is 28.9 Å². The largest absolute Gasteiger partial charge is 0.385 e. The monoisotopic (exact) mass is 404 g/mol. The number of fused-ring (bicyclic) bond motifs is 1. The first kappa shape index (κ1) is 20.2. The highest BCUT2D eigenvalue weighted by molar-refractivity contribution is 6.30. The Labute approximate surface area is 167 Å². The summed E-state index contributed by atoms with van der Waals surface area (Å²) in [7, 11) is 1.63. The van der Waals surface area contributed by atoms with Gasteiger partial charge in [-0.05, 0) is 43.5 Å². The van der Waals surface area contributed by atoms with E-state index in [9.17, 15) is 9.18 Å². The van der Waals surface area contributed by atoms with Crippen molar-refractivity contribution in [3.63, 3.8) is 0 Å². The molecule has 1 N–H and O–H groups in total. The molecule has 3 rings (SSSR count). The van der Waals surface area contributed by atoms with Gasteiger partial charge < -0.3 is 10.1 Å². The van der Waals surface area contributed by atoms with Crippen LogP contribution in [0.25, 0.3) is 5.65 Å². The molecule has 1 aromatic carbocycles. The molecule has 0 aliphatic rings. The van der Waals surface area contributed by atoms with Gasteiger partial charge in [-0.2, -0.15) is 5.10 Å². The highest BCUT2D eigenvalue weighted by atomic mass is 35.5. The van der Waals surface area contributed by atoms with Crippen molar-refractivity contribution in [2.45, 2.75) is 26.7 Å². The molecule has 0 fully saturated rings. The fourth-order valence-electron chi connectivity index (χ4n) is 3.09. The lowest BCUT2D eigenvalue weighted by atomic mass is 10.0. The van der Waals surface area contributed by atoms with E-state index in [-0.39, 0.29) is 10.9 Å². The molecule has 2 aromatic heterocycles. The Morgan fingerprint density at radius 1 is 1.36 bits per heavy atom. The van der Waals surface area contributed by atoms with Crippen LogP contribution >= 0.6 is 11.6 Å². The molecule has 0 bridgehead atoms. The maximum atomic E-state index is 13.4. The van der Waals surface area contributed by atoms with Gasteiger partial charge in [-0.25, -0.2) is 13.9 Å². The zero-order chi connectivity index (χ0) is 20.3. The van der Waals surface area contributed by atoms with Crippen LogP contribution in [-0.4, -0.2) is 40.8 Å². The van der Waals surface area contributed by atoms with Crippen molar-refractivity contribution in [2.75, 3.05) is 20.3 Å². The molecule has 2 heterocycles. The number of aryl methyl sites for hydroxylation is 2. The number of hydrogen-bond donors (Lipinski definition) is 1. The van der Waals surface area contributed by atoms with Gasteiger partial charge in [0.2, 0.25) is 0 Å². The Hall–Kier alpha value is -2.51. The third-order valence-electron chi connectivity index (χ3n) is 4.63. The number of aromatic nitrogens is 3. The molecule has 0 radical (unpaired) electrons. The van der Waals surface area contributed by atoms with E-state index in [1.54, 1.807) is 23.8 Å². The highest BCUT2D eigenvalue weighted by Gasteiger charge is 2.18. The Kier molecular flexibility index (Phi) is 6.26. The van der Waals surface area contributed by atoms with Gasteiger partial charge in [-0.3, -0.25) is 4.79 Å². The van der Waals surface area contributed by atoms with Gasteiger partial charge >= 0.3 is 0 Å². The molecule has 0 atom stereocenters. The van der Waals surface area contributed by atoms with Crippen molar-refractivity contribution in [2.24, 2.45) is 0 Å². The van der Waals surface area contributed by atoms with Crippen molar-refractivity contribution in [3.05, 3.63) is 63.3 Å². The van der Waals surface area contributed by atoms with Crippen LogP contribution in [0, 0.1) is 19.7 Å². The molecule has 3 aromatic rings. The molecule has 28 heavy (non-hydrogen) atoms. The molecule has 8 heteroatoms. The van der Waals surface area contributed by atoms with Gasteiger partial charge in [0, 0.05) is 38.1 Å². The SMILES string of the molecule is COCCCNC(=O)c1cnn2c(C)c(Cc3ccc(F)c(Cl)c3)c(C)nc12. The maximum Gasteiger partial charge on any atom is 0.256 e. The molecular weight excluding hydrogens is 383 g/mol. The third kappa shape index (κ3) is 4.15. The second-order valence-corrected chi connectivity index (χ2v) is 6.99. The van der Waals surface area contributed by atoms with Gasteiger partial charge in [-0.1, -0.05) is 17.7 Å². The van der Waals surface area contributed by atoms with E-state index in [1.807, 2.05) is 13.8 Å². The van der Waals surface area contributed by atoms with Crippen LogP contribution in [-0.2, 0) is 11.2 Å². The van der Waals surface area contributed by atoms with Crippen LogP contribution < -0.4 is 5.32 Å². The molecule has 0 aliphatic carbocycles. The summed E-state index contributed by atoms with van der Waals surface area (Å²) in [6.07, 6.45) is 2.80.